The number of nitrogens with one attached hydrogen (secondary N) is 2. The van der Waals surface area contributed by atoms with Crippen molar-refractivity contribution in [3.8, 4) is 16.9 Å². The van der Waals surface area contributed by atoms with Crippen molar-refractivity contribution in [2.75, 3.05) is 5.32 Å². The number of H-pyrrole nitrogens is 1. The topological polar surface area (TPSA) is 140 Å². The molecule has 0 spiro atoms. The van der Waals surface area contributed by atoms with E-state index in [1.165, 1.54) is 23.5 Å². The lowest BCUT2D eigenvalue weighted by Gasteiger charge is -2.07. The van der Waals surface area contributed by atoms with E-state index in [9.17, 15) is 24.5 Å². The molecule has 0 bridgehead atoms. The zero-order valence-electron chi connectivity index (χ0n) is 16.6. The molecule has 2 aromatic carbocycles. The molecule has 1 amide bonds. The fourth-order valence-corrected chi connectivity index (χ4v) is 3.72. The number of nitro groups is 1. The van der Waals surface area contributed by atoms with Gasteiger partial charge in [-0.1, -0.05) is 18.2 Å². The first-order valence-electron chi connectivity index (χ1n) is 9.27. The zero-order chi connectivity index (χ0) is 22.8. The van der Waals surface area contributed by atoms with Crippen molar-refractivity contribution < 1.29 is 9.72 Å². The van der Waals surface area contributed by atoms with E-state index in [0.29, 0.717) is 27.6 Å². The fourth-order valence-electron chi connectivity index (χ4n) is 3.00. The molecule has 0 radical (unpaired) electrons. The Morgan fingerprint density at radius 3 is 2.75 bits per heavy atom. The van der Waals surface area contributed by atoms with Crippen molar-refractivity contribution in [1.29, 1.82) is 0 Å². The second kappa shape index (κ2) is 8.40. The molecule has 4 aromatic rings. The van der Waals surface area contributed by atoms with Crippen LogP contribution in [0.2, 0.25) is 0 Å². The van der Waals surface area contributed by atoms with Gasteiger partial charge >= 0.3 is 0 Å². The molecule has 32 heavy (non-hydrogen) atoms. The number of anilines is 1. The SMILES string of the molecule is Cc1ccc(-c2csc(NC(=O)c3cccc(-n4[nH]c(=O)ccc4=O)c3)n2)cc1[N+](=O)[O-]. The van der Waals surface area contributed by atoms with Gasteiger partial charge in [0.2, 0.25) is 0 Å². The second-order valence-corrected chi connectivity index (χ2v) is 7.64. The quantitative estimate of drug-likeness (QED) is 0.354. The van der Waals surface area contributed by atoms with Crippen molar-refractivity contribution >= 4 is 28.1 Å². The highest BCUT2D eigenvalue weighted by molar-refractivity contribution is 7.14. The molecule has 0 aliphatic carbocycles. The van der Waals surface area contributed by atoms with Gasteiger partial charge in [-0.15, -0.1) is 11.3 Å². The lowest BCUT2D eigenvalue weighted by molar-refractivity contribution is -0.385. The van der Waals surface area contributed by atoms with E-state index >= 15 is 0 Å². The summed E-state index contributed by atoms with van der Waals surface area (Å²) in [5.74, 6) is -0.464. The Morgan fingerprint density at radius 1 is 1.16 bits per heavy atom. The minimum Gasteiger partial charge on any atom is -0.298 e. The Hall–Kier alpha value is -4.38. The minimum absolute atomic E-state index is 0.00732. The van der Waals surface area contributed by atoms with E-state index in [-0.39, 0.29) is 11.3 Å². The Labute approximate surface area is 183 Å². The third kappa shape index (κ3) is 4.23. The molecule has 0 saturated carbocycles. The van der Waals surface area contributed by atoms with Crippen LogP contribution in [0.15, 0.2) is 69.6 Å². The number of nitro benzene ring substituents is 1. The molecular weight excluding hydrogens is 434 g/mol. The molecule has 0 unspecified atom stereocenters. The fraction of sp³-hybridized carbons (Fsp3) is 0.0476. The number of hydrogen-bond acceptors (Lipinski definition) is 7. The summed E-state index contributed by atoms with van der Waals surface area (Å²) in [5.41, 5.74) is 1.27. The van der Waals surface area contributed by atoms with E-state index in [1.807, 2.05) is 0 Å². The van der Waals surface area contributed by atoms with Crippen LogP contribution in [0.3, 0.4) is 0 Å². The number of amides is 1. The molecular formula is C21H15N5O5S. The van der Waals surface area contributed by atoms with Crippen LogP contribution in [0, 0.1) is 17.0 Å². The van der Waals surface area contributed by atoms with Crippen LogP contribution < -0.4 is 16.4 Å². The van der Waals surface area contributed by atoms with Crippen LogP contribution in [0.5, 0.6) is 0 Å². The number of carbonyl (C=O) groups is 1. The zero-order valence-corrected chi connectivity index (χ0v) is 17.4. The Balaban J connectivity index is 1.57. The maximum Gasteiger partial charge on any atom is 0.272 e. The van der Waals surface area contributed by atoms with Crippen molar-refractivity contribution in [3.63, 3.8) is 0 Å². The van der Waals surface area contributed by atoms with Crippen molar-refractivity contribution in [1.82, 2.24) is 14.8 Å². The maximum absolute atomic E-state index is 12.7. The average Bonchev–Trinajstić information content (AvgIpc) is 3.24. The molecule has 0 aliphatic heterocycles. The summed E-state index contributed by atoms with van der Waals surface area (Å²) in [6.07, 6.45) is 0. The van der Waals surface area contributed by atoms with Gasteiger partial charge in [0.05, 0.1) is 16.3 Å². The van der Waals surface area contributed by atoms with E-state index in [0.717, 1.165) is 16.8 Å². The van der Waals surface area contributed by atoms with E-state index < -0.39 is 21.9 Å². The lowest BCUT2D eigenvalue weighted by Crippen LogP contribution is -2.26. The van der Waals surface area contributed by atoms with Gasteiger partial charge in [-0.2, -0.15) is 0 Å². The Kier molecular flexibility index (Phi) is 5.48. The van der Waals surface area contributed by atoms with Gasteiger partial charge in [-0.25, -0.2) is 9.67 Å². The van der Waals surface area contributed by atoms with Gasteiger partial charge in [0.1, 0.15) is 0 Å². The number of aryl methyl sites for hydroxylation is 1. The molecule has 0 saturated heterocycles. The van der Waals surface area contributed by atoms with Gasteiger partial charge in [0, 0.05) is 40.3 Å². The molecule has 0 aliphatic rings. The normalized spacial score (nSPS) is 10.7. The van der Waals surface area contributed by atoms with Crippen LogP contribution in [-0.2, 0) is 0 Å². The monoisotopic (exact) mass is 449 g/mol. The standard InChI is InChI=1S/C21H15N5O5S/c1-12-5-6-13(10-17(12)26(30)31)16-11-32-21(22-16)23-20(29)14-3-2-4-15(9-14)25-19(28)8-7-18(27)24-25/h2-11H,1H3,(H,24,27)(H,22,23,29). The first kappa shape index (κ1) is 20.9. The molecule has 2 aromatic heterocycles. The highest BCUT2D eigenvalue weighted by Crippen LogP contribution is 2.29. The number of benzene rings is 2. The number of aromatic nitrogens is 3. The first-order valence-corrected chi connectivity index (χ1v) is 10.1. The molecule has 160 valence electrons. The van der Waals surface area contributed by atoms with E-state index in [1.54, 1.807) is 42.6 Å². The number of aromatic amines is 1. The van der Waals surface area contributed by atoms with Crippen LogP contribution in [0.1, 0.15) is 15.9 Å². The number of carbonyl (C=O) groups excluding carboxylic acids is 1. The summed E-state index contributed by atoms with van der Waals surface area (Å²) < 4.78 is 1.05. The lowest BCUT2D eigenvalue weighted by atomic mass is 10.1. The number of thiazole rings is 1. The van der Waals surface area contributed by atoms with Crippen LogP contribution in [-0.4, -0.2) is 25.6 Å². The van der Waals surface area contributed by atoms with Gasteiger partial charge < -0.3 is 0 Å². The van der Waals surface area contributed by atoms with E-state index in [4.69, 9.17) is 0 Å². The van der Waals surface area contributed by atoms with Crippen molar-refractivity contribution in [2.45, 2.75) is 6.92 Å². The summed E-state index contributed by atoms with van der Waals surface area (Å²) in [4.78, 5) is 51.3. The highest BCUT2D eigenvalue weighted by Gasteiger charge is 2.15. The molecule has 11 heteroatoms. The largest absolute Gasteiger partial charge is 0.298 e. The van der Waals surface area contributed by atoms with E-state index in [2.05, 4.69) is 15.4 Å². The molecule has 0 atom stereocenters. The summed E-state index contributed by atoms with van der Waals surface area (Å²) in [7, 11) is 0. The average molecular weight is 449 g/mol. The third-order valence-electron chi connectivity index (χ3n) is 4.61. The molecule has 10 nitrogen and oxygen atoms in total. The predicted octanol–water partition coefficient (Wildman–Crippen LogP) is 3.12. The molecule has 4 rings (SSSR count). The van der Waals surface area contributed by atoms with Gasteiger partial charge in [-0.3, -0.25) is 34.9 Å². The van der Waals surface area contributed by atoms with Crippen molar-refractivity contribution in [2.24, 2.45) is 0 Å². The Morgan fingerprint density at radius 2 is 1.97 bits per heavy atom. The van der Waals surface area contributed by atoms with Gasteiger partial charge in [0.25, 0.3) is 22.7 Å². The van der Waals surface area contributed by atoms with Crippen LogP contribution >= 0.6 is 11.3 Å². The third-order valence-corrected chi connectivity index (χ3v) is 5.37. The summed E-state index contributed by atoms with van der Waals surface area (Å²) >= 11 is 1.18. The predicted molar refractivity (Wildman–Crippen MR) is 120 cm³/mol. The maximum atomic E-state index is 12.7. The smallest absolute Gasteiger partial charge is 0.272 e. The summed E-state index contributed by atoms with van der Waals surface area (Å²) in [6, 6.07) is 13.3. The number of rotatable bonds is 5. The van der Waals surface area contributed by atoms with Crippen LogP contribution in [0.4, 0.5) is 10.8 Å². The number of nitrogens with zero attached hydrogens (tertiary/aromatic N) is 3. The minimum atomic E-state index is -0.464. The summed E-state index contributed by atoms with van der Waals surface area (Å²) in [6.45, 7) is 1.65. The molecule has 0 fully saturated rings. The number of hydrogen-bond donors (Lipinski definition) is 2. The van der Waals surface area contributed by atoms with Gasteiger partial charge in [-0.05, 0) is 25.1 Å². The first-order chi connectivity index (χ1) is 15.3. The Bertz CT molecular complexity index is 1470. The second-order valence-electron chi connectivity index (χ2n) is 6.78. The molecule has 2 heterocycles. The summed E-state index contributed by atoms with van der Waals surface area (Å²) in [5, 5.41) is 18.3. The highest BCUT2D eigenvalue weighted by atomic mass is 32.1. The molecule has 2 N–H and O–H groups in total. The van der Waals surface area contributed by atoms with Crippen LogP contribution in [0.25, 0.3) is 16.9 Å². The van der Waals surface area contributed by atoms with Gasteiger partial charge in [0.15, 0.2) is 5.13 Å². The van der Waals surface area contributed by atoms with Crippen molar-refractivity contribution in [3.05, 3.63) is 102 Å².